The van der Waals surface area contributed by atoms with Crippen LogP contribution >= 0.6 is 0 Å². The van der Waals surface area contributed by atoms with Gasteiger partial charge in [0.2, 0.25) is 0 Å². The smallest absolute Gasteiger partial charge is 0.306 e. The summed E-state index contributed by atoms with van der Waals surface area (Å²) in [5.41, 5.74) is -0.0475. The number of hydrogen-bond donors (Lipinski definition) is 0. The third kappa shape index (κ3) is 17.1. The third-order valence-corrected chi connectivity index (χ3v) is 5.30. The largest absolute Gasteiger partial charge is 0.466 e. The van der Waals surface area contributed by atoms with Crippen molar-refractivity contribution in [2.45, 2.75) is 131 Å². The standard InChI is InChI=1S/C24H46O4/c1-6-7-8-9-10-11-12-13-14-17-20-27-22(25)18-15-16-19-23(26)28-21(2)24(3,4)5/h21H,6-20H2,1-5H3. The minimum absolute atomic E-state index is 0.0475. The van der Waals surface area contributed by atoms with Gasteiger partial charge in [-0.1, -0.05) is 85.5 Å². The Morgan fingerprint density at radius 3 is 1.68 bits per heavy atom. The second kappa shape index (κ2) is 16.9. The van der Waals surface area contributed by atoms with Crippen molar-refractivity contribution in [1.29, 1.82) is 0 Å². The predicted molar refractivity (Wildman–Crippen MR) is 116 cm³/mol. The highest BCUT2D eigenvalue weighted by atomic mass is 16.5. The van der Waals surface area contributed by atoms with Crippen LogP contribution in [0, 0.1) is 5.41 Å². The van der Waals surface area contributed by atoms with E-state index in [9.17, 15) is 9.59 Å². The Bertz CT molecular complexity index is 398. The van der Waals surface area contributed by atoms with Crippen LogP contribution in [0.1, 0.15) is 125 Å². The number of esters is 2. The predicted octanol–water partition coefficient (Wildman–Crippen LogP) is 6.99. The van der Waals surface area contributed by atoms with Gasteiger partial charge in [0.25, 0.3) is 0 Å². The molecule has 4 heteroatoms. The van der Waals surface area contributed by atoms with Gasteiger partial charge in [-0.15, -0.1) is 0 Å². The highest BCUT2D eigenvalue weighted by Crippen LogP contribution is 2.22. The van der Waals surface area contributed by atoms with Gasteiger partial charge in [-0.2, -0.15) is 0 Å². The molecule has 0 aromatic heterocycles. The Morgan fingerprint density at radius 2 is 1.18 bits per heavy atom. The van der Waals surface area contributed by atoms with E-state index in [0.29, 0.717) is 32.3 Å². The van der Waals surface area contributed by atoms with Crippen LogP contribution in [0.4, 0.5) is 0 Å². The molecule has 0 bridgehead atoms. The van der Waals surface area contributed by atoms with Crippen molar-refractivity contribution in [3.63, 3.8) is 0 Å². The summed E-state index contributed by atoms with van der Waals surface area (Å²) >= 11 is 0. The van der Waals surface area contributed by atoms with Gasteiger partial charge in [-0.05, 0) is 31.6 Å². The molecular formula is C24H46O4. The first kappa shape index (κ1) is 26.9. The van der Waals surface area contributed by atoms with Crippen LogP contribution in [0.25, 0.3) is 0 Å². The van der Waals surface area contributed by atoms with E-state index in [-0.39, 0.29) is 23.5 Å². The fourth-order valence-electron chi connectivity index (χ4n) is 2.82. The summed E-state index contributed by atoms with van der Waals surface area (Å²) in [5, 5.41) is 0. The minimum Gasteiger partial charge on any atom is -0.466 e. The lowest BCUT2D eigenvalue weighted by Crippen LogP contribution is -2.28. The SMILES string of the molecule is CCCCCCCCCCCCOC(=O)CCCCC(=O)OC(C)C(C)(C)C. The molecule has 0 saturated heterocycles. The van der Waals surface area contributed by atoms with Gasteiger partial charge in [0.15, 0.2) is 0 Å². The second-order valence-electron chi connectivity index (χ2n) is 9.11. The number of hydrogen-bond acceptors (Lipinski definition) is 4. The van der Waals surface area contributed by atoms with Crippen molar-refractivity contribution in [3.8, 4) is 0 Å². The van der Waals surface area contributed by atoms with E-state index < -0.39 is 0 Å². The molecule has 1 unspecified atom stereocenters. The van der Waals surface area contributed by atoms with Crippen LogP contribution in [-0.2, 0) is 19.1 Å². The van der Waals surface area contributed by atoms with Crippen molar-refractivity contribution in [2.75, 3.05) is 6.61 Å². The summed E-state index contributed by atoms with van der Waals surface area (Å²) in [6.45, 7) is 10.8. The quantitative estimate of drug-likeness (QED) is 0.196. The van der Waals surface area contributed by atoms with Gasteiger partial charge in [0.1, 0.15) is 6.10 Å². The fraction of sp³-hybridized carbons (Fsp3) is 0.917. The number of carbonyl (C=O) groups is 2. The summed E-state index contributed by atoms with van der Waals surface area (Å²) in [6.07, 6.45) is 14.7. The number of unbranched alkanes of at least 4 members (excludes halogenated alkanes) is 10. The zero-order chi connectivity index (χ0) is 21.3. The van der Waals surface area contributed by atoms with Crippen molar-refractivity contribution in [1.82, 2.24) is 0 Å². The van der Waals surface area contributed by atoms with Crippen LogP contribution in [-0.4, -0.2) is 24.6 Å². The summed E-state index contributed by atoms with van der Waals surface area (Å²) in [6, 6.07) is 0. The molecule has 1 atom stereocenters. The molecular weight excluding hydrogens is 352 g/mol. The zero-order valence-corrected chi connectivity index (χ0v) is 19.3. The Morgan fingerprint density at radius 1 is 0.714 bits per heavy atom. The maximum absolute atomic E-state index is 11.8. The summed E-state index contributed by atoms with van der Waals surface area (Å²) in [5.74, 6) is -0.325. The Hall–Kier alpha value is -1.06. The second-order valence-corrected chi connectivity index (χ2v) is 9.11. The van der Waals surface area contributed by atoms with Gasteiger partial charge in [0.05, 0.1) is 6.61 Å². The van der Waals surface area contributed by atoms with Crippen molar-refractivity contribution >= 4 is 11.9 Å². The van der Waals surface area contributed by atoms with Gasteiger partial charge in [0, 0.05) is 12.8 Å². The summed E-state index contributed by atoms with van der Waals surface area (Å²) < 4.78 is 10.7. The van der Waals surface area contributed by atoms with E-state index in [4.69, 9.17) is 9.47 Å². The lowest BCUT2D eigenvalue weighted by molar-refractivity contribution is -0.153. The van der Waals surface area contributed by atoms with Crippen molar-refractivity contribution in [2.24, 2.45) is 5.41 Å². The van der Waals surface area contributed by atoms with Crippen molar-refractivity contribution < 1.29 is 19.1 Å². The Balaban J connectivity index is 3.43. The van der Waals surface area contributed by atoms with Crippen molar-refractivity contribution in [3.05, 3.63) is 0 Å². The molecule has 0 spiro atoms. The molecule has 0 radical (unpaired) electrons. The molecule has 0 aromatic rings. The monoisotopic (exact) mass is 398 g/mol. The molecule has 0 aliphatic rings. The number of ether oxygens (including phenoxy) is 2. The first-order valence-electron chi connectivity index (χ1n) is 11.6. The third-order valence-electron chi connectivity index (χ3n) is 5.30. The van der Waals surface area contributed by atoms with Crippen LogP contribution in [0.15, 0.2) is 0 Å². The van der Waals surface area contributed by atoms with E-state index in [1.54, 1.807) is 0 Å². The highest BCUT2D eigenvalue weighted by Gasteiger charge is 2.23. The number of carbonyl (C=O) groups excluding carboxylic acids is 2. The summed E-state index contributed by atoms with van der Waals surface area (Å²) in [4.78, 5) is 23.5. The van der Waals surface area contributed by atoms with E-state index in [0.717, 1.165) is 12.8 Å². The molecule has 28 heavy (non-hydrogen) atoms. The molecule has 0 N–H and O–H groups in total. The lowest BCUT2D eigenvalue weighted by Gasteiger charge is -2.26. The van der Waals surface area contributed by atoms with E-state index in [1.807, 2.05) is 6.92 Å². The van der Waals surface area contributed by atoms with E-state index in [2.05, 4.69) is 27.7 Å². The first-order valence-corrected chi connectivity index (χ1v) is 11.6. The molecule has 0 heterocycles. The van der Waals surface area contributed by atoms with Crippen LogP contribution < -0.4 is 0 Å². The van der Waals surface area contributed by atoms with E-state index in [1.165, 1.54) is 51.4 Å². The molecule has 0 amide bonds. The van der Waals surface area contributed by atoms with Crippen LogP contribution in [0.3, 0.4) is 0 Å². The molecule has 166 valence electrons. The summed E-state index contributed by atoms with van der Waals surface area (Å²) in [7, 11) is 0. The first-order chi connectivity index (χ1) is 13.3. The zero-order valence-electron chi connectivity index (χ0n) is 19.3. The fourth-order valence-corrected chi connectivity index (χ4v) is 2.82. The highest BCUT2D eigenvalue weighted by molar-refractivity contribution is 5.70. The average Bonchev–Trinajstić information content (AvgIpc) is 2.62. The van der Waals surface area contributed by atoms with Crippen LogP contribution in [0.2, 0.25) is 0 Å². The maximum Gasteiger partial charge on any atom is 0.306 e. The molecule has 4 nitrogen and oxygen atoms in total. The Labute approximate surface area is 174 Å². The number of rotatable bonds is 17. The molecule has 0 saturated carbocycles. The van der Waals surface area contributed by atoms with E-state index >= 15 is 0 Å². The average molecular weight is 399 g/mol. The maximum atomic E-state index is 11.8. The Kier molecular flexibility index (Phi) is 16.2. The van der Waals surface area contributed by atoms with Gasteiger partial charge in [-0.25, -0.2) is 0 Å². The molecule has 0 fully saturated rings. The minimum atomic E-state index is -0.179. The normalized spacial score (nSPS) is 12.6. The van der Waals surface area contributed by atoms with Gasteiger partial charge in [-0.3, -0.25) is 9.59 Å². The molecule has 0 aliphatic carbocycles. The molecule has 0 rings (SSSR count). The molecule has 0 aromatic carbocycles. The molecule has 0 aliphatic heterocycles. The van der Waals surface area contributed by atoms with Gasteiger partial charge < -0.3 is 9.47 Å². The lowest BCUT2D eigenvalue weighted by atomic mass is 9.90. The van der Waals surface area contributed by atoms with Gasteiger partial charge >= 0.3 is 11.9 Å². The topological polar surface area (TPSA) is 52.6 Å². The van der Waals surface area contributed by atoms with Crippen LogP contribution in [0.5, 0.6) is 0 Å².